The monoisotopic (exact) mass is 1220 g/mol. The van der Waals surface area contributed by atoms with Crippen LogP contribution in [0.2, 0.25) is 12.1 Å². The van der Waals surface area contributed by atoms with E-state index < -0.39 is 29.7 Å². The first-order valence-corrected chi connectivity index (χ1v) is 29.6. The number of anilines is 1. The molecule has 0 aliphatic heterocycles. The SMILES string of the molecule is CCO[Si](CCCNC(=O)N(C(=O)NCCC[Si](OCC)(OCC)OCC)c1cc2cccnc2c2ncccc12)(OCC)OCC.[Cl-].[Cl-].[Ru+3].c1cnc2c(c1)ccc1cccnc12.c1cnc2c(c1)ccc1cccnc12. The van der Waals surface area contributed by atoms with Gasteiger partial charge < -0.3 is 62.0 Å². The third-order valence-electron chi connectivity index (χ3n) is 11.8. The average molecular weight is 1220 g/mol. The summed E-state index contributed by atoms with van der Waals surface area (Å²) in [6.07, 6.45) is 11.6. The van der Waals surface area contributed by atoms with E-state index >= 15 is 0 Å². The molecule has 17 nitrogen and oxygen atoms in total. The number of carbonyl (C=O) groups excluding carboxylic acids is 2. The van der Waals surface area contributed by atoms with Crippen LogP contribution in [-0.2, 0) is 46.0 Å². The number of nitrogens with zero attached hydrogens (tertiary/aromatic N) is 7. The first kappa shape index (κ1) is 64.8. The topological polar surface area (TPSA) is 194 Å². The summed E-state index contributed by atoms with van der Waals surface area (Å²) in [5.41, 5.74) is 5.58. The largest absolute Gasteiger partial charge is 3.00 e. The van der Waals surface area contributed by atoms with E-state index in [1.54, 1.807) is 49.3 Å². The van der Waals surface area contributed by atoms with E-state index in [1.165, 1.54) is 0 Å². The van der Waals surface area contributed by atoms with Gasteiger partial charge in [0, 0.05) is 134 Å². The van der Waals surface area contributed by atoms with E-state index in [1.807, 2.05) is 84.0 Å². The quantitative estimate of drug-likeness (QED) is 0.0524. The number of hydrogen-bond acceptors (Lipinski definition) is 14. The first-order chi connectivity index (χ1) is 36.7. The molecule has 3 aromatic carbocycles. The Morgan fingerprint density at radius 1 is 0.423 bits per heavy atom. The van der Waals surface area contributed by atoms with Gasteiger partial charge in [-0.15, -0.1) is 0 Å². The number of pyridine rings is 6. The summed E-state index contributed by atoms with van der Waals surface area (Å²) in [6.45, 7) is 14.8. The minimum atomic E-state index is -2.89. The third-order valence-corrected chi connectivity index (χ3v) is 18.1. The number of nitrogens with one attached hydrogen (secondary N) is 2. The summed E-state index contributed by atoms with van der Waals surface area (Å²) >= 11 is 0. The molecule has 9 aromatic rings. The molecule has 9 rings (SSSR count). The van der Waals surface area contributed by atoms with Gasteiger partial charge in [0.2, 0.25) is 0 Å². The van der Waals surface area contributed by atoms with Crippen molar-refractivity contribution in [3.63, 3.8) is 0 Å². The molecular formula is C56H67Cl2N9O8RuSi2+. The predicted octanol–water partition coefficient (Wildman–Crippen LogP) is 5.46. The number of rotatable bonds is 21. The van der Waals surface area contributed by atoms with Crippen molar-refractivity contribution in [3.05, 3.63) is 140 Å². The number of carbonyl (C=O) groups is 2. The van der Waals surface area contributed by atoms with Crippen molar-refractivity contribution < 1.29 is 80.4 Å². The second-order valence-corrected chi connectivity index (χ2v) is 22.2. The maximum absolute atomic E-state index is 13.9. The van der Waals surface area contributed by atoms with Crippen LogP contribution in [0, 0.1) is 0 Å². The Bertz CT molecular complexity index is 3010. The van der Waals surface area contributed by atoms with Crippen molar-refractivity contribution in [3.8, 4) is 0 Å². The van der Waals surface area contributed by atoms with Crippen molar-refractivity contribution in [1.82, 2.24) is 40.5 Å². The third kappa shape index (κ3) is 16.7. The van der Waals surface area contributed by atoms with Crippen LogP contribution in [0.5, 0.6) is 0 Å². The predicted molar refractivity (Wildman–Crippen MR) is 301 cm³/mol. The van der Waals surface area contributed by atoms with E-state index in [0.717, 1.165) is 53.9 Å². The molecule has 0 saturated heterocycles. The molecule has 6 aromatic heterocycles. The summed E-state index contributed by atoms with van der Waals surface area (Å²) in [7, 11) is -5.78. The summed E-state index contributed by atoms with van der Waals surface area (Å²) < 4.78 is 35.7. The summed E-state index contributed by atoms with van der Waals surface area (Å²) in [5.74, 6) is 0. The summed E-state index contributed by atoms with van der Waals surface area (Å²) in [4.78, 5) is 55.4. The molecule has 0 atom stereocenters. The van der Waals surface area contributed by atoms with Gasteiger partial charge in [0.05, 0.1) is 38.8 Å². The standard InChI is InChI=1S/C32H51N5O8Si2.2C12H8N2.2ClH.Ru/c1-7-40-46(41-8-2,42-9-3)23-15-21-35-31(38)37(32(39)36-22-16-24-47(43-10-4,44-11-5)45-12-6)28-25-26-17-13-19-33-29(26)30-27(28)18-14-20-34-30;2*1-3-9-5-6-10-4-2-8-14-12(10)11(9)13-7-1;;;/h13-14,17-20,25H,7-12,15-16,21-24H2,1-6H3,(H,35,38)(H,36,39);2*1-8H;2*1H;/q;;;;;+3/p-2. The Labute approximate surface area is 483 Å². The van der Waals surface area contributed by atoms with Gasteiger partial charge >= 0.3 is 49.1 Å². The van der Waals surface area contributed by atoms with Crippen molar-refractivity contribution in [2.24, 2.45) is 0 Å². The molecule has 413 valence electrons. The molecule has 78 heavy (non-hydrogen) atoms. The van der Waals surface area contributed by atoms with Gasteiger partial charge in [-0.25, -0.2) is 14.5 Å². The van der Waals surface area contributed by atoms with E-state index in [9.17, 15) is 9.59 Å². The number of imide groups is 1. The Morgan fingerprint density at radius 2 is 0.705 bits per heavy atom. The Balaban J connectivity index is 0.000000337. The van der Waals surface area contributed by atoms with Crippen LogP contribution in [0.3, 0.4) is 0 Å². The molecule has 0 spiro atoms. The fraction of sp³-hybridized carbons (Fsp3) is 0.321. The summed E-state index contributed by atoms with van der Waals surface area (Å²) in [6, 6.07) is 33.3. The number of amides is 4. The van der Waals surface area contributed by atoms with E-state index in [2.05, 4.69) is 89.1 Å². The van der Waals surface area contributed by atoms with E-state index in [4.69, 9.17) is 26.6 Å². The van der Waals surface area contributed by atoms with Crippen molar-refractivity contribution in [2.45, 2.75) is 66.5 Å². The van der Waals surface area contributed by atoms with Gasteiger partial charge in [-0.05, 0) is 103 Å². The molecule has 0 aliphatic carbocycles. The molecule has 4 amide bonds. The zero-order chi connectivity index (χ0) is 52.9. The maximum Gasteiger partial charge on any atom is 3.00 e. The fourth-order valence-electron chi connectivity index (χ4n) is 8.77. The normalized spacial score (nSPS) is 11.2. The smallest absolute Gasteiger partial charge is 1.00 e. The molecule has 22 heteroatoms. The van der Waals surface area contributed by atoms with Crippen molar-refractivity contribution in [2.75, 3.05) is 57.6 Å². The molecule has 0 unspecified atom stereocenters. The molecule has 2 N–H and O–H groups in total. The van der Waals surface area contributed by atoms with Crippen molar-refractivity contribution in [1.29, 1.82) is 0 Å². The van der Waals surface area contributed by atoms with Crippen LogP contribution in [0.4, 0.5) is 15.3 Å². The summed E-state index contributed by atoms with van der Waals surface area (Å²) in [5, 5.41) is 11.8. The van der Waals surface area contributed by atoms with Crippen molar-refractivity contribution >= 4 is 101 Å². The van der Waals surface area contributed by atoms with Crippen LogP contribution in [-0.4, -0.2) is 112 Å². The number of aromatic nitrogens is 6. The van der Waals surface area contributed by atoms with Gasteiger partial charge in [0.1, 0.15) is 0 Å². The number of urea groups is 2. The van der Waals surface area contributed by atoms with Gasteiger partial charge in [-0.3, -0.25) is 29.9 Å². The van der Waals surface area contributed by atoms with E-state index in [0.29, 0.717) is 86.7 Å². The van der Waals surface area contributed by atoms with Gasteiger partial charge in [0.25, 0.3) is 0 Å². The van der Waals surface area contributed by atoms with Crippen LogP contribution in [0.1, 0.15) is 54.4 Å². The Kier molecular flexibility index (Phi) is 27.4. The zero-order valence-electron chi connectivity index (χ0n) is 44.8. The first-order valence-electron chi connectivity index (χ1n) is 25.7. The second kappa shape index (κ2) is 33.0. The molecular weight excluding hydrogens is 1150 g/mol. The maximum atomic E-state index is 13.9. The van der Waals surface area contributed by atoms with Gasteiger partial charge in [0.15, 0.2) is 0 Å². The Morgan fingerprint density at radius 3 is 1.03 bits per heavy atom. The van der Waals surface area contributed by atoms with Crippen LogP contribution < -0.4 is 40.3 Å². The minimum absolute atomic E-state index is 0. The number of hydrogen-bond donors (Lipinski definition) is 2. The molecule has 0 bridgehead atoms. The minimum Gasteiger partial charge on any atom is -1.00 e. The van der Waals surface area contributed by atoms with Crippen LogP contribution in [0.15, 0.2) is 140 Å². The number of halogens is 2. The second-order valence-electron chi connectivity index (χ2n) is 16.8. The molecule has 0 fully saturated rings. The molecule has 0 saturated carbocycles. The van der Waals surface area contributed by atoms with Crippen LogP contribution in [0.25, 0.3) is 65.4 Å². The van der Waals surface area contributed by atoms with Gasteiger partial charge in [-0.1, -0.05) is 54.6 Å². The zero-order valence-corrected chi connectivity index (χ0v) is 50.0. The van der Waals surface area contributed by atoms with Gasteiger partial charge in [-0.2, -0.15) is 0 Å². The number of benzene rings is 3. The fourth-order valence-corrected chi connectivity index (χ4v) is 14.0. The Hall–Kier alpha value is -5.74. The van der Waals surface area contributed by atoms with E-state index in [-0.39, 0.29) is 57.4 Å². The molecule has 1 radical (unpaired) electrons. The van der Waals surface area contributed by atoms with Crippen LogP contribution >= 0.6 is 0 Å². The molecule has 0 aliphatic rings. The molecule has 6 heterocycles. The number of fused-ring (bicyclic) bond motifs is 9. The average Bonchev–Trinajstić information content (AvgIpc) is 3.46.